The predicted molar refractivity (Wildman–Crippen MR) is 114 cm³/mol. The molecule has 0 aliphatic rings. The van der Waals surface area contributed by atoms with Crippen molar-refractivity contribution in [3.63, 3.8) is 0 Å². The van der Waals surface area contributed by atoms with Gasteiger partial charge >= 0.3 is 22.5 Å². The van der Waals surface area contributed by atoms with Gasteiger partial charge in [-0.2, -0.15) is 34.8 Å². The molecule has 1 aromatic carbocycles. The molecule has 0 spiro atoms. The molecule has 0 bridgehead atoms. The summed E-state index contributed by atoms with van der Waals surface area (Å²) in [6.07, 6.45) is -8.23. The van der Waals surface area contributed by atoms with E-state index in [9.17, 15) is 34.8 Å². The number of hydrogen-bond acceptors (Lipinski definition) is 6. The molecular weight excluding hydrogens is 520 g/mol. The van der Waals surface area contributed by atoms with Crippen LogP contribution in [0, 0.1) is 0 Å². The van der Waals surface area contributed by atoms with Gasteiger partial charge in [0, 0.05) is 17.3 Å². The van der Waals surface area contributed by atoms with E-state index in [1.807, 2.05) is 0 Å². The fourth-order valence-electron chi connectivity index (χ4n) is 3.00. The zero-order chi connectivity index (χ0) is 25.6. The van der Waals surface area contributed by atoms with Gasteiger partial charge in [0.05, 0.1) is 21.8 Å². The third-order valence-electron chi connectivity index (χ3n) is 4.63. The summed E-state index contributed by atoms with van der Waals surface area (Å²) in [5, 5.41) is 0. The number of benzene rings is 1. The van der Waals surface area contributed by atoms with E-state index in [1.165, 1.54) is 24.4 Å². The molecule has 182 valence electrons. The molecule has 0 radical (unpaired) electrons. The average Bonchev–Trinajstić information content (AvgIpc) is 3.29. The molecule has 35 heavy (non-hydrogen) atoms. The first-order valence-corrected chi connectivity index (χ1v) is 11.7. The number of hydrogen-bond donors (Lipinski definition) is 1. The normalized spacial score (nSPS) is 12.7. The van der Waals surface area contributed by atoms with E-state index < -0.39 is 33.7 Å². The molecule has 0 atom stereocenters. The highest BCUT2D eigenvalue weighted by atomic mass is 32.3. The number of aromatic nitrogens is 3. The van der Waals surface area contributed by atoms with Crippen LogP contribution in [0.1, 0.15) is 11.3 Å². The van der Waals surface area contributed by atoms with Gasteiger partial charge in [0.15, 0.2) is 5.82 Å². The summed E-state index contributed by atoms with van der Waals surface area (Å²) in [4.78, 5) is 12.0. The van der Waals surface area contributed by atoms with Gasteiger partial charge < -0.3 is 0 Å². The lowest BCUT2D eigenvalue weighted by molar-refractivity contribution is -0.141. The molecule has 4 aromatic rings. The molecule has 1 N–H and O–H groups in total. The van der Waals surface area contributed by atoms with Crippen LogP contribution in [0.4, 0.5) is 26.3 Å². The van der Waals surface area contributed by atoms with Gasteiger partial charge in [0.1, 0.15) is 9.90 Å². The summed E-state index contributed by atoms with van der Waals surface area (Å²) in [6, 6.07) is 9.28. The second-order valence-electron chi connectivity index (χ2n) is 7.06. The maximum absolute atomic E-state index is 13.5. The van der Waals surface area contributed by atoms with Crippen LogP contribution >= 0.6 is 11.3 Å². The highest BCUT2D eigenvalue weighted by Gasteiger charge is 2.34. The van der Waals surface area contributed by atoms with Crippen LogP contribution in [-0.2, 0) is 22.5 Å². The molecule has 3 heterocycles. The Kier molecular flexibility index (Phi) is 6.15. The zero-order valence-electron chi connectivity index (χ0n) is 17.0. The Balaban J connectivity index is 1.80. The molecule has 6 nitrogen and oxygen atoms in total. The lowest BCUT2D eigenvalue weighted by Crippen LogP contribution is -2.10. The van der Waals surface area contributed by atoms with E-state index in [1.54, 1.807) is 0 Å². The topological polar surface area (TPSA) is 93.0 Å². The van der Waals surface area contributed by atoms with E-state index in [-0.39, 0.29) is 32.5 Å². The summed E-state index contributed by atoms with van der Waals surface area (Å²) in [5.41, 5.74) is -2.24. The maximum Gasteiger partial charge on any atom is 0.433 e. The number of rotatable bonds is 4. The number of pyridine rings is 1. The fraction of sp³-hybridized carbons (Fsp3) is 0.0952. The van der Waals surface area contributed by atoms with Crippen molar-refractivity contribution >= 4 is 21.5 Å². The highest BCUT2D eigenvalue weighted by molar-refractivity contribution is 7.88. The first kappa shape index (κ1) is 24.8. The molecule has 3 aromatic heterocycles. The van der Waals surface area contributed by atoms with E-state index >= 15 is 0 Å². The van der Waals surface area contributed by atoms with Crippen molar-refractivity contribution in [1.29, 1.82) is 0 Å². The summed E-state index contributed by atoms with van der Waals surface area (Å²) in [5.74, 6) is -0.370. The standard InChI is InChI=1S/C21H11F6N3O3S2/c22-20(23,24)13-3-1-11(2-4-13)14-10-17(21(25,26)27)30-19(29-14)12-7-8-28-15(9-12)16-5-6-18(34-16)35(31,32)33/h1-10H,(H,31,32,33). The number of alkyl halides is 6. The molecule has 0 unspecified atom stereocenters. The fourth-order valence-corrected chi connectivity index (χ4v) is 4.64. The van der Waals surface area contributed by atoms with E-state index in [2.05, 4.69) is 15.0 Å². The van der Waals surface area contributed by atoms with Gasteiger partial charge in [-0.1, -0.05) is 12.1 Å². The van der Waals surface area contributed by atoms with Crippen molar-refractivity contribution in [3.05, 3.63) is 72.1 Å². The van der Waals surface area contributed by atoms with Gasteiger partial charge in [0.2, 0.25) is 0 Å². The van der Waals surface area contributed by atoms with E-state index in [4.69, 9.17) is 4.55 Å². The molecule has 0 saturated heterocycles. The van der Waals surface area contributed by atoms with Crippen molar-refractivity contribution < 1.29 is 39.3 Å². The first-order chi connectivity index (χ1) is 16.2. The molecule has 4 rings (SSSR count). The van der Waals surface area contributed by atoms with Crippen LogP contribution in [0.5, 0.6) is 0 Å². The van der Waals surface area contributed by atoms with Gasteiger partial charge in [-0.25, -0.2) is 9.97 Å². The molecule has 0 aliphatic heterocycles. The van der Waals surface area contributed by atoms with Crippen LogP contribution in [0.3, 0.4) is 0 Å². The summed E-state index contributed by atoms with van der Waals surface area (Å²) in [7, 11) is -4.45. The number of halogens is 6. The average molecular weight is 531 g/mol. The Morgan fingerprint density at radius 3 is 2.03 bits per heavy atom. The Morgan fingerprint density at radius 1 is 0.771 bits per heavy atom. The Bertz CT molecular complexity index is 1500. The van der Waals surface area contributed by atoms with Crippen LogP contribution in [0.15, 0.2) is 65.0 Å². The number of thiophene rings is 1. The molecular formula is C21H11F6N3O3S2. The lowest BCUT2D eigenvalue weighted by atomic mass is 10.1. The quantitative estimate of drug-likeness (QED) is 0.248. The molecule has 14 heteroatoms. The SMILES string of the molecule is O=S(=O)(O)c1ccc(-c2cc(-c3nc(-c4ccc(C(F)(F)F)cc4)cc(C(F)(F)F)n3)ccn2)s1. The largest absolute Gasteiger partial charge is 0.433 e. The van der Waals surface area contributed by atoms with Crippen molar-refractivity contribution in [2.24, 2.45) is 0 Å². The third kappa shape index (κ3) is 5.49. The Labute approximate surface area is 197 Å². The van der Waals surface area contributed by atoms with Gasteiger partial charge in [-0.05, 0) is 42.5 Å². The van der Waals surface area contributed by atoms with Gasteiger partial charge in [-0.3, -0.25) is 9.54 Å². The minimum Gasteiger partial charge on any atom is -0.281 e. The van der Waals surface area contributed by atoms with Crippen molar-refractivity contribution in [2.45, 2.75) is 16.6 Å². The first-order valence-electron chi connectivity index (χ1n) is 9.40. The molecule has 0 aliphatic carbocycles. The van der Waals surface area contributed by atoms with Crippen molar-refractivity contribution in [2.75, 3.05) is 0 Å². The van der Waals surface area contributed by atoms with Crippen LogP contribution in [-0.4, -0.2) is 27.9 Å². The van der Waals surface area contributed by atoms with Crippen LogP contribution in [0.2, 0.25) is 0 Å². The molecule has 0 saturated carbocycles. The van der Waals surface area contributed by atoms with Crippen LogP contribution < -0.4 is 0 Å². The van der Waals surface area contributed by atoms with Gasteiger partial charge in [0.25, 0.3) is 0 Å². The molecule has 0 fully saturated rings. The lowest BCUT2D eigenvalue weighted by Gasteiger charge is -2.12. The third-order valence-corrected chi connectivity index (χ3v) is 7.06. The monoisotopic (exact) mass is 531 g/mol. The van der Waals surface area contributed by atoms with Crippen molar-refractivity contribution in [3.8, 4) is 33.2 Å². The second-order valence-corrected chi connectivity index (χ2v) is 9.79. The Hall–Kier alpha value is -3.36. The summed E-state index contributed by atoms with van der Waals surface area (Å²) in [6.45, 7) is 0. The molecule has 0 amide bonds. The minimum absolute atomic E-state index is 0.0116. The minimum atomic E-state index is -4.87. The number of nitrogens with zero attached hydrogens (tertiary/aromatic N) is 3. The highest BCUT2D eigenvalue weighted by Crippen LogP contribution is 2.35. The predicted octanol–water partition coefficient (Wildman–Crippen LogP) is 6.22. The van der Waals surface area contributed by atoms with Crippen LogP contribution in [0.25, 0.3) is 33.2 Å². The summed E-state index contributed by atoms with van der Waals surface area (Å²) >= 11 is 0.694. The van der Waals surface area contributed by atoms with Crippen molar-refractivity contribution in [1.82, 2.24) is 15.0 Å². The maximum atomic E-state index is 13.5. The smallest absolute Gasteiger partial charge is 0.281 e. The zero-order valence-corrected chi connectivity index (χ0v) is 18.6. The van der Waals surface area contributed by atoms with Gasteiger partial charge in [-0.15, -0.1) is 11.3 Å². The Morgan fingerprint density at radius 2 is 1.46 bits per heavy atom. The summed E-state index contributed by atoms with van der Waals surface area (Å²) < 4.78 is 111. The second kappa shape index (κ2) is 8.70. The van der Waals surface area contributed by atoms with E-state index in [0.717, 1.165) is 30.3 Å². The van der Waals surface area contributed by atoms with E-state index in [0.29, 0.717) is 22.3 Å².